The summed E-state index contributed by atoms with van der Waals surface area (Å²) in [6.45, 7) is 0.240. The van der Waals surface area contributed by atoms with Gasteiger partial charge in [-0.1, -0.05) is 18.2 Å². The van der Waals surface area contributed by atoms with Crippen LogP contribution in [-0.4, -0.2) is 232 Å². The first-order valence-corrected chi connectivity index (χ1v) is 33.1. The van der Waals surface area contributed by atoms with Gasteiger partial charge in [-0.3, -0.25) is 77.1 Å². The molecule has 43 nitrogen and oxygen atoms in total. The number of para-hydroxylation sites is 1. The van der Waals surface area contributed by atoms with Crippen molar-refractivity contribution in [2.24, 2.45) is 61.6 Å². The number of imidazole rings is 1. The van der Waals surface area contributed by atoms with E-state index in [0.717, 1.165) is 0 Å². The summed E-state index contributed by atoms with van der Waals surface area (Å²) in [5.41, 5.74) is 51.6. The van der Waals surface area contributed by atoms with Crippen LogP contribution in [0.1, 0.15) is 102 Å². The highest BCUT2D eigenvalue weighted by Gasteiger charge is 2.36. The molecule has 15 amide bonds. The first-order valence-electron chi connectivity index (χ1n) is 33.1. The van der Waals surface area contributed by atoms with Gasteiger partial charge in [-0.2, -0.15) is 0 Å². The van der Waals surface area contributed by atoms with Crippen LogP contribution < -0.4 is 115 Å². The number of guanidine groups is 2. The standard InChI is InChI=1S/C61H98N26O17/c1-30(48(92)79-31(2)58(102)103)78-51(95)40(15-8-20-73-60(68)69)84-57(101)44(28-88)87-52(96)38(14-7-19-72-59(66)67)80-47(91)27-76-50(94)37(13-9-21-74-61(70)104)82-56(100)43(24-46(65)90)86-55(99)42(22-32-25-75-36-11-4-3-10-34(32)36)85-53(97)39(12-5-6-18-62)83-54(98)41(16-17-45(64)89)81-49(93)35(63)23-33-26-71-29-77-33/h3-4,10-11,25-26,29-31,35,37-44,75,88H,5-9,12-24,27-28,62-63H2,1-2H3,(H2,64,89)(H2,65,90)(H,71,77)(H,76,94)(H,78,95)(H,79,92)(H,80,91)(H,81,93)(H,82,100)(H,83,98)(H,84,101)(H,85,97)(H,86,99)(H,87,96)(H,102,103)(H4,66,67,72)(H4,68,69,73)(H3,70,74,104)/t30-,31-,35-,37-,38-,39-,40-,41-,42-,43-,44-/m0/s1. The fraction of sp³-hybridized carbons (Fsp3) is 0.541. The van der Waals surface area contributed by atoms with Gasteiger partial charge in [-0.05, 0) is 96.2 Å². The predicted octanol–water partition coefficient (Wildman–Crippen LogP) is -10.1. The second-order valence-corrected chi connectivity index (χ2v) is 24.0. The number of benzene rings is 1. The molecular formula is C61H98N26O17. The van der Waals surface area contributed by atoms with Crippen LogP contribution in [0.25, 0.3) is 10.9 Å². The topological polar surface area (TPSA) is 744 Å². The molecule has 34 N–H and O–H groups in total. The lowest BCUT2D eigenvalue weighted by atomic mass is 10.0. The van der Waals surface area contributed by atoms with Crippen LogP contribution in [0, 0.1) is 0 Å². The summed E-state index contributed by atoms with van der Waals surface area (Å²) in [5, 5.41) is 49.0. The van der Waals surface area contributed by atoms with E-state index in [2.05, 4.69) is 88.7 Å². The van der Waals surface area contributed by atoms with Gasteiger partial charge in [0.25, 0.3) is 0 Å². The molecule has 0 fully saturated rings. The van der Waals surface area contributed by atoms with Crippen molar-refractivity contribution in [3.63, 3.8) is 0 Å². The van der Waals surface area contributed by atoms with Crippen LogP contribution >= 0.6 is 0 Å². The molecule has 2 aromatic heterocycles. The van der Waals surface area contributed by atoms with Gasteiger partial charge >= 0.3 is 12.0 Å². The quantitative estimate of drug-likeness (QED) is 0.0142. The molecule has 0 radical (unpaired) electrons. The maximum atomic E-state index is 14.8. The molecule has 0 saturated heterocycles. The van der Waals surface area contributed by atoms with Crippen LogP contribution in [-0.2, 0) is 80.0 Å². The van der Waals surface area contributed by atoms with Crippen LogP contribution in [0.5, 0.6) is 0 Å². The van der Waals surface area contributed by atoms with Crippen molar-refractivity contribution in [1.29, 1.82) is 0 Å². The summed E-state index contributed by atoms with van der Waals surface area (Å²) in [6, 6.07) is -11.0. The number of aliphatic carboxylic acids is 1. The van der Waals surface area contributed by atoms with Gasteiger partial charge < -0.3 is 136 Å². The van der Waals surface area contributed by atoms with Crippen molar-refractivity contribution in [3.05, 3.63) is 54.2 Å². The minimum Gasteiger partial charge on any atom is -0.480 e. The predicted molar refractivity (Wildman–Crippen MR) is 372 cm³/mol. The smallest absolute Gasteiger partial charge is 0.325 e. The van der Waals surface area contributed by atoms with Gasteiger partial charge in [0, 0.05) is 67.9 Å². The third-order valence-corrected chi connectivity index (χ3v) is 15.5. The number of carboxylic acid groups (broad SMARTS) is 1. The Hall–Kier alpha value is -11.8. The van der Waals surface area contributed by atoms with Crippen molar-refractivity contribution in [1.82, 2.24) is 78.8 Å². The van der Waals surface area contributed by atoms with Gasteiger partial charge in [0.1, 0.15) is 60.4 Å². The van der Waals surface area contributed by atoms with E-state index in [1.54, 1.807) is 30.5 Å². The van der Waals surface area contributed by atoms with Gasteiger partial charge in [0.15, 0.2) is 11.9 Å². The Kier molecular flexibility index (Phi) is 37.6. The number of fused-ring (bicyclic) bond motifs is 1. The second-order valence-electron chi connectivity index (χ2n) is 24.0. The summed E-state index contributed by atoms with van der Waals surface area (Å²) in [4.78, 5) is 218. The number of carboxylic acids is 1. The van der Waals surface area contributed by atoms with E-state index in [4.69, 9.17) is 51.6 Å². The highest BCUT2D eigenvalue weighted by molar-refractivity contribution is 6.00. The number of aliphatic hydroxyl groups is 1. The van der Waals surface area contributed by atoms with Crippen molar-refractivity contribution in [2.75, 3.05) is 39.3 Å². The van der Waals surface area contributed by atoms with E-state index in [1.807, 2.05) is 0 Å². The molecule has 11 atom stereocenters. The number of hydrogen-bond acceptors (Lipinski definition) is 21. The fourth-order valence-electron chi connectivity index (χ4n) is 9.94. The zero-order chi connectivity index (χ0) is 77.6. The lowest BCUT2D eigenvalue weighted by Gasteiger charge is -2.27. The minimum absolute atomic E-state index is 0.0112. The number of aromatic amines is 2. The van der Waals surface area contributed by atoms with E-state index in [0.29, 0.717) is 28.6 Å². The second kappa shape index (κ2) is 45.2. The number of aliphatic hydroxyl groups excluding tert-OH is 1. The van der Waals surface area contributed by atoms with Crippen molar-refractivity contribution >= 4 is 112 Å². The number of aromatic nitrogens is 3. The highest BCUT2D eigenvalue weighted by atomic mass is 16.4. The van der Waals surface area contributed by atoms with Crippen LogP contribution in [0.3, 0.4) is 0 Å². The third-order valence-electron chi connectivity index (χ3n) is 15.5. The third kappa shape index (κ3) is 32.3. The maximum absolute atomic E-state index is 14.8. The van der Waals surface area contributed by atoms with Crippen molar-refractivity contribution in [2.45, 2.75) is 170 Å². The molecule has 0 aliphatic rings. The molecule has 0 unspecified atom stereocenters. The SMILES string of the molecule is C[C@H](NC(=O)[C@H](C)NC(=O)[C@H](CCCN=C(N)N)NC(=O)[C@H](CO)NC(=O)[C@H](CCCN=C(N)N)NC(=O)CNC(=O)[C@H](CCCNC(N)=O)NC(=O)[C@H](CC(N)=O)NC(=O)[C@H](Cc1c[nH]c2ccccc12)NC(=O)[C@H](CCCCN)NC(=O)[C@H](CCC(N)=O)NC(=O)[C@@H](N)Cc1cnc[nH]1)C(=O)O. The van der Waals surface area contributed by atoms with Crippen LogP contribution in [0.4, 0.5) is 4.79 Å². The Morgan fingerprint density at radius 3 is 1.55 bits per heavy atom. The normalized spacial score (nSPS) is 14.1. The average Bonchev–Trinajstić information content (AvgIpc) is 1.12. The van der Waals surface area contributed by atoms with Gasteiger partial charge in [0.2, 0.25) is 76.8 Å². The summed E-state index contributed by atoms with van der Waals surface area (Å²) in [6.07, 6.45) is 2.05. The zero-order valence-corrected chi connectivity index (χ0v) is 57.6. The molecule has 2 heterocycles. The number of rotatable bonds is 49. The molecule has 574 valence electrons. The molecular weight excluding hydrogens is 1370 g/mol. The molecule has 0 spiro atoms. The monoisotopic (exact) mass is 1470 g/mol. The first-order chi connectivity index (χ1) is 49.2. The largest absolute Gasteiger partial charge is 0.480 e. The number of carbonyl (C=O) groups excluding carboxylic acids is 14. The molecule has 3 aromatic rings. The number of urea groups is 1. The Bertz CT molecular complexity index is 3490. The number of unbranched alkanes of at least 4 members (excludes halogenated alkanes) is 1. The van der Waals surface area contributed by atoms with E-state index in [1.165, 1.54) is 26.4 Å². The van der Waals surface area contributed by atoms with Crippen molar-refractivity contribution in [3.8, 4) is 0 Å². The number of hydrogen-bond donors (Lipinski definition) is 25. The Morgan fingerprint density at radius 2 is 1.00 bits per heavy atom. The summed E-state index contributed by atoms with van der Waals surface area (Å²) in [7, 11) is 0. The first kappa shape index (κ1) is 86.5. The Labute approximate surface area is 596 Å². The summed E-state index contributed by atoms with van der Waals surface area (Å²) >= 11 is 0. The zero-order valence-electron chi connectivity index (χ0n) is 57.6. The van der Waals surface area contributed by atoms with Crippen LogP contribution in [0.2, 0.25) is 0 Å². The van der Waals surface area contributed by atoms with Gasteiger partial charge in [-0.15, -0.1) is 0 Å². The van der Waals surface area contributed by atoms with E-state index in [9.17, 15) is 82.1 Å². The van der Waals surface area contributed by atoms with Gasteiger partial charge in [-0.25, -0.2) is 9.78 Å². The maximum Gasteiger partial charge on any atom is 0.325 e. The van der Waals surface area contributed by atoms with E-state index in [-0.39, 0.29) is 115 Å². The number of primary amides is 3. The minimum atomic E-state index is -1.92. The van der Waals surface area contributed by atoms with E-state index < -0.39 is 175 Å². The Balaban J connectivity index is 1.94. The number of nitrogens with zero attached hydrogens (tertiary/aromatic N) is 3. The molecule has 0 saturated carbocycles. The molecule has 43 heteroatoms. The number of aliphatic imine (C=N–C) groups is 2. The summed E-state index contributed by atoms with van der Waals surface area (Å²) < 4.78 is 0. The molecule has 3 rings (SSSR count). The lowest BCUT2D eigenvalue weighted by molar-refractivity contribution is -0.141. The number of nitrogens with one attached hydrogen (secondary N) is 14. The molecule has 0 aliphatic heterocycles. The molecule has 0 bridgehead atoms. The molecule has 1 aromatic carbocycles. The Morgan fingerprint density at radius 1 is 0.510 bits per heavy atom. The fourth-order valence-corrected chi connectivity index (χ4v) is 9.94. The lowest BCUT2D eigenvalue weighted by Crippen LogP contribution is -2.60. The summed E-state index contributed by atoms with van der Waals surface area (Å²) in [5.74, 6) is -15.2. The van der Waals surface area contributed by atoms with Crippen LogP contribution in [0.15, 0.2) is 53.0 Å². The number of nitrogens with two attached hydrogens (primary N) is 9. The number of H-pyrrole nitrogens is 2. The number of amides is 15. The van der Waals surface area contributed by atoms with Gasteiger partial charge in [0.05, 0.1) is 31.9 Å². The molecule has 104 heavy (non-hydrogen) atoms. The number of carbonyl (C=O) groups is 15. The molecule has 0 aliphatic carbocycles. The van der Waals surface area contributed by atoms with E-state index >= 15 is 0 Å². The van der Waals surface area contributed by atoms with Crippen molar-refractivity contribution < 1.29 is 82.1 Å². The average molecular weight is 1470 g/mol. The highest BCUT2D eigenvalue weighted by Crippen LogP contribution is 2.20.